The first kappa shape index (κ1) is 11.0. The van der Waals surface area contributed by atoms with Crippen molar-refractivity contribution in [2.45, 2.75) is 6.42 Å². The second kappa shape index (κ2) is 4.95. The maximum absolute atomic E-state index is 10.9. The Bertz CT molecular complexity index is 410. The molecular formula is C11H11NO3. The van der Waals surface area contributed by atoms with Crippen LogP contribution in [-0.4, -0.2) is 17.3 Å². The Morgan fingerprint density at radius 1 is 1.47 bits per heavy atom. The molecule has 1 aromatic rings. The number of hydrogen-bond donors (Lipinski definition) is 2. The summed E-state index contributed by atoms with van der Waals surface area (Å²) in [6, 6.07) is 4.49. The highest BCUT2D eigenvalue weighted by Gasteiger charge is 2.06. The Balaban J connectivity index is 2.97. The smallest absolute Gasteiger partial charge is 0.252 e. The predicted octanol–water partition coefficient (Wildman–Crippen LogP) is 1.09. The molecule has 78 valence electrons. The normalized spacial score (nSPS) is 10.4. The molecule has 3 N–H and O–H groups in total. The number of primary amides is 1. The number of nitrogens with two attached hydrogens (primary N) is 1. The molecule has 1 aromatic carbocycles. The lowest BCUT2D eigenvalue weighted by Crippen LogP contribution is -2.11. The largest absolute Gasteiger partial charge is 0.507 e. The Morgan fingerprint density at radius 2 is 2.20 bits per heavy atom. The minimum atomic E-state index is -0.682. The first-order valence-corrected chi connectivity index (χ1v) is 4.38. The van der Waals surface area contributed by atoms with Crippen molar-refractivity contribution in [3.05, 3.63) is 35.4 Å². The molecule has 0 fully saturated rings. The van der Waals surface area contributed by atoms with Gasteiger partial charge in [-0.25, -0.2) is 0 Å². The first-order valence-electron chi connectivity index (χ1n) is 4.38. The highest BCUT2D eigenvalue weighted by Crippen LogP contribution is 2.18. The molecule has 1 amide bonds. The lowest BCUT2D eigenvalue weighted by Gasteiger charge is -2.01. The van der Waals surface area contributed by atoms with Crippen molar-refractivity contribution >= 4 is 18.3 Å². The fourth-order valence-electron chi connectivity index (χ4n) is 1.11. The molecule has 0 spiro atoms. The number of carbonyl (C=O) groups excluding carboxylic acids is 2. The summed E-state index contributed by atoms with van der Waals surface area (Å²) < 4.78 is 0. The van der Waals surface area contributed by atoms with E-state index in [2.05, 4.69) is 0 Å². The number of benzene rings is 1. The van der Waals surface area contributed by atoms with Crippen molar-refractivity contribution in [2.75, 3.05) is 0 Å². The quantitative estimate of drug-likeness (QED) is 0.722. The summed E-state index contributed by atoms with van der Waals surface area (Å²) in [7, 11) is 0. The van der Waals surface area contributed by atoms with Crippen molar-refractivity contribution in [3.63, 3.8) is 0 Å². The molecule has 0 unspecified atom stereocenters. The van der Waals surface area contributed by atoms with Crippen molar-refractivity contribution in [3.8, 4) is 5.75 Å². The standard InChI is InChI=1S/C11H11NO3/c12-11(15)9-7-8(3-1-2-6-13)4-5-10(9)14/h1,3-7,14H,2H2,(H2,12,15). The van der Waals surface area contributed by atoms with Gasteiger partial charge in [-0.15, -0.1) is 0 Å². The van der Waals surface area contributed by atoms with Crippen molar-refractivity contribution in [1.29, 1.82) is 0 Å². The van der Waals surface area contributed by atoms with Crippen LogP contribution < -0.4 is 5.73 Å². The van der Waals surface area contributed by atoms with Crippen LogP contribution in [0.5, 0.6) is 5.75 Å². The van der Waals surface area contributed by atoms with Gasteiger partial charge in [0.2, 0.25) is 0 Å². The Labute approximate surface area is 87.0 Å². The Hall–Kier alpha value is -2.10. The molecule has 0 heterocycles. The molecule has 0 saturated carbocycles. The van der Waals surface area contributed by atoms with Gasteiger partial charge in [-0.2, -0.15) is 0 Å². The van der Waals surface area contributed by atoms with Crippen LogP contribution in [0, 0.1) is 0 Å². The number of amides is 1. The van der Waals surface area contributed by atoms with Crippen LogP contribution in [0.3, 0.4) is 0 Å². The third kappa shape index (κ3) is 2.95. The fraction of sp³-hybridized carbons (Fsp3) is 0.0909. The van der Waals surface area contributed by atoms with Crippen molar-refractivity contribution in [2.24, 2.45) is 5.73 Å². The summed E-state index contributed by atoms with van der Waals surface area (Å²) >= 11 is 0. The lowest BCUT2D eigenvalue weighted by atomic mass is 10.1. The zero-order valence-corrected chi connectivity index (χ0v) is 8.01. The average Bonchev–Trinajstić information content (AvgIpc) is 2.20. The number of hydrogen-bond acceptors (Lipinski definition) is 3. The third-order valence-corrected chi connectivity index (χ3v) is 1.83. The van der Waals surface area contributed by atoms with Gasteiger partial charge in [-0.1, -0.05) is 18.2 Å². The third-order valence-electron chi connectivity index (χ3n) is 1.83. The molecule has 15 heavy (non-hydrogen) atoms. The summed E-state index contributed by atoms with van der Waals surface area (Å²) in [5.74, 6) is -0.826. The zero-order chi connectivity index (χ0) is 11.3. The van der Waals surface area contributed by atoms with Crippen LogP contribution in [0.25, 0.3) is 6.08 Å². The van der Waals surface area contributed by atoms with Crippen molar-refractivity contribution in [1.82, 2.24) is 0 Å². The summed E-state index contributed by atoms with van der Waals surface area (Å²) in [6.07, 6.45) is 4.42. The fourth-order valence-corrected chi connectivity index (χ4v) is 1.11. The molecule has 0 atom stereocenters. The van der Waals surface area contributed by atoms with E-state index < -0.39 is 5.91 Å². The molecule has 0 radical (unpaired) electrons. The van der Waals surface area contributed by atoms with Crippen LogP contribution in [0.15, 0.2) is 24.3 Å². The second-order valence-corrected chi connectivity index (χ2v) is 2.95. The Morgan fingerprint density at radius 3 is 2.80 bits per heavy atom. The van der Waals surface area contributed by atoms with Gasteiger partial charge in [0.15, 0.2) is 0 Å². The van der Waals surface area contributed by atoms with E-state index in [9.17, 15) is 14.7 Å². The van der Waals surface area contributed by atoms with E-state index in [-0.39, 0.29) is 11.3 Å². The van der Waals surface area contributed by atoms with Gasteiger partial charge in [0.1, 0.15) is 12.0 Å². The number of phenols is 1. The average molecular weight is 205 g/mol. The molecule has 0 aliphatic rings. The number of carbonyl (C=O) groups is 2. The van der Waals surface area contributed by atoms with E-state index in [0.717, 1.165) is 6.29 Å². The van der Waals surface area contributed by atoms with Crippen LogP contribution in [0.4, 0.5) is 0 Å². The van der Waals surface area contributed by atoms with E-state index in [4.69, 9.17) is 5.73 Å². The first-order chi connectivity index (χ1) is 7.15. The minimum Gasteiger partial charge on any atom is -0.507 e. The van der Waals surface area contributed by atoms with Crippen LogP contribution >= 0.6 is 0 Å². The maximum Gasteiger partial charge on any atom is 0.252 e. The van der Waals surface area contributed by atoms with Gasteiger partial charge in [-0.3, -0.25) is 4.79 Å². The zero-order valence-electron chi connectivity index (χ0n) is 8.01. The maximum atomic E-state index is 10.9. The van der Waals surface area contributed by atoms with E-state index >= 15 is 0 Å². The second-order valence-electron chi connectivity index (χ2n) is 2.95. The molecule has 1 rings (SSSR count). The molecule has 4 heteroatoms. The highest BCUT2D eigenvalue weighted by atomic mass is 16.3. The molecule has 0 aliphatic heterocycles. The highest BCUT2D eigenvalue weighted by molar-refractivity contribution is 5.96. The van der Waals surface area contributed by atoms with Crippen molar-refractivity contribution < 1.29 is 14.7 Å². The van der Waals surface area contributed by atoms with Gasteiger partial charge in [0.25, 0.3) is 5.91 Å². The number of aldehydes is 1. The molecule has 0 aromatic heterocycles. The van der Waals surface area contributed by atoms with Crippen LogP contribution in [-0.2, 0) is 4.79 Å². The van der Waals surface area contributed by atoms with Crippen LogP contribution in [0.1, 0.15) is 22.3 Å². The summed E-state index contributed by atoms with van der Waals surface area (Å²) in [5.41, 5.74) is 5.84. The Kier molecular flexibility index (Phi) is 3.62. The van der Waals surface area contributed by atoms with E-state index in [1.165, 1.54) is 12.1 Å². The molecule has 0 aliphatic carbocycles. The predicted molar refractivity (Wildman–Crippen MR) is 56.3 cm³/mol. The van der Waals surface area contributed by atoms with Gasteiger partial charge in [-0.05, 0) is 17.7 Å². The van der Waals surface area contributed by atoms with Gasteiger partial charge in [0, 0.05) is 6.42 Å². The molecular weight excluding hydrogens is 194 g/mol. The molecule has 0 saturated heterocycles. The monoisotopic (exact) mass is 205 g/mol. The number of allylic oxidation sites excluding steroid dienone is 1. The topological polar surface area (TPSA) is 80.4 Å². The van der Waals surface area contributed by atoms with E-state index in [1.807, 2.05) is 0 Å². The van der Waals surface area contributed by atoms with Gasteiger partial charge >= 0.3 is 0 Å². The van der Waals surface area contributed by atoms with E-state index in [0.29, 0.717) is 12.0 Å². The molecule has 4 nitrogen and oxygen atoms in total. The summed E-state index contributed by atoms with van der Waals surface area (Å²) in [6.45, 7) is 0. The summed E-state index contributed by atoms with van der Waals surface area (Å²) in [5, 5.41) is 9.30. The van der Waals surface area contributed by atoms with Gasteiger partial charge in [0.05, 0.1) is 5.56 Å². The minimum absolute atomic E-state index is 0.0725. The molecule has 0 bridgehead atoms. The SMILES string of the molecule is NC(=O)c1cc(C=CCC=O)ccc1O. The lowest BCUT2D eigenvalue weighted by molar-refractivity contribution is -0.107. The number of rotatable bonds is 4. The summed E-state index contributed by atoms with van der Waals surface area (Å²) in [4.78, 5) is 20.9. The van der Waals surface area contributed by atoms with Crippen LogP contribution in [0.2, 0.25) is 0 Å². The number of aromatic hydroxyl groups is 1. The van der Waals surface area contributed by atoms with E-state index in [1.54, 1.807) is 18.2 Å². The van der Waals surface area contributed by atoms with Gasteiger partial charge < -0.3 is 15.6 Å².